The van der Waals surface area contributed by atoms with Gasteiger partial charge in [-0.25, -0.2) is 4.79 Å². The number of esters is 1. The van der Waals surface area contributed by atoms with Crippen LogP contribution in [-0.2, 0) is 4.79 Å². The number of non-ortho nitro benzene ring substituents is 1. The zero-order chi connectivity index (χ0) is 16.8. The molecule has 0 atom stereocenters. The average molecular weight is 334 g/mol. The number of hydrogen-bond donors (Lipinski definition) is 0. The molecule has 0 aliphatic carbocycles. The molecule has 0 N–H and O–H groups in total. The van der Waals surface area contributed by atoms with Crippen LogP contribution >= 0.6 is 11.6 Å². The first-order valence-corrected chi connectivity index (χ1v) is 6.85. The van der Waals surface area contributed by atoms with Crippen molar-refractivity contribution < 1.29 is 19.2 Å². The second-order valence-electron chi connectivity index (χ2n) is 4.40. The van der Waals surface area contributed by atoms with E-state index in [1.165, 1.54) is 31.4 Å². The third-order valence-corrected chi connectivity index (χ3v) is 3.06. The van der Waals surface area contributed by atoms with Crippen LogP contribution in [0.3, 0.4) is 0 Å². The zero-order valence-electron chi connectivity index (χ0n) is 12.1. The Labute approximate surface area is 137 Å². The normalized spacial score (nSPS) is 10.5. The number of halogens is 1. The van der Waals surface area contributed by atoms with E-state index >= 15 is 0 Å². The molecule has 2 rings (SSSR count). The highest BCUT2D eigenvalue weighted by Crippen LogP contribution is 2.31. The fourth-order valence-corrected chi connectivity index (χ4v) is 1.97. The van der Waals surface area contributed by atoms with Crippen LogP contribution in [0.15, 0.2) is 48.5 Å². The summed E-state index contributed by atoms with van der Waals surface area (Å²) in [5, 5.41) is 11.3. The van der Waals surface area contributed by atoms with Crippen molar-refractivity contribution in [2.75, 3.05) is 7.11 Å². The molecule has 6 nitrogen and oxygen atoms in total. The van der Waals surface area contributed by atoms with Crippen molar-refractivity contribution in [1.29, 1.82) is 0 Å². The van der Waals surface area contributed by atoms with Gasteiger partial charge >= 0.3 is 5.97 Å². The van der Waals surface area contributed by atoms with Crippen molar-refractivity contribution in [1.82, 2.24) is 0 Å². The summed E-state index contributed by atoms with van der Waals surface area (Å²) in [7, 11) is 1.38. The van der Waals surface area contributed by atoms with Crippen molar-refractivity contribution in [3.63, 3.8) is 0 Å². The SMILES string of the molecule is COc1ccc([N+](=O)[O-])cc1OC(=O)/C=C/c1cccc(Cl)c1. The first kappa shape index (κ1) is 16.5. The summed E-state index contributed by atoms with van der Waals surface area (Å²) in [6, 6.07) is 10.7. The van der Waals surface area contributed by atoms with Crippen molar-refractivity contribution in [2.45, 2.75) is 0 Å². The number of carbonyl (C=O) groups excluding carboxylic acids is 1. The quantitative estimate of drug-likeness (QED) is 0.273. The van der Waals surface area contributed by atoms with E-state index in [1.54, 1.807) is 24.3 Å². The molecule has 0 aromatic heterocycles. The molecule has 0 unspecified atom stereocenters. The second kappa shape index (κ2) is 7.42. The predicted molar refractivity (Wildman–Crippen MR) is 85.8 cm³/mol. The van der Waals surface area contributed by atoms with Gasteiger partial charge in [-0.15, -0.1) is 0 Å². The maximum Gasteiger partial charge on any atom is 0.336 e. The second-order valence-corrected chi connectivity index (χ2v) is 4.84. The van der Waals surface area contributed by atoms with E-state index in [4.69, 9.17) is 21.1 Å². The molecule has 0 fully saturated rings. The lowest BCUT2D eigenvalue weighted by molar-refractivity contribution is -0.384. The standard InChI is InChI=1S/C16H12ClNO5/c1-22-14-7-6-13(18(20)21)10-15(14)23-16(19)8-5-11-3-2-4-12(17)9-11/h2-10H,1H3/b8-5+. The summed E-state index contributed by atoms with van der Waals surface area (Å²) in [6.07, 6.45) is 2.72. The maximum absolute atomic E-state index is 11.9. The number of hydrogen-bond acceptors (Lipinski definition) is 5. The molecule has 118 valence electrons. The number of rotatable bonds is 5. The van der Waals surface area contributed by atoms with Crippen LogP contribution in [0, 0.1) is 10.1 Å². The van der Waals surface area contributed by atoms with E-state index in [2.05, 4.69) is 0 Å². The van der Waals surface area contributed by atoms with Crippen molar-refractivity contribution in [3.8, 4) is 11.5 Å². The van der Waals surface area contributed by atoms with Gasteiger partial charge in [0.1, 0.15) is 0 Å². The Kier molecular flexibility index (Phi) is 5.32. The predicted octanol–water partition coefficient (Wildman–Crippen LogP) is 3.88. The topological polar surface area (TPSA) is 78.7 Å². The fourth-order valence-electron chi connectivity index (χ4n) is 1.78. The third-order valence-electron chi connectivity index (χ3n) is 2.83. The van der Waals surface area contributed by atoms with Gasteiger partial charge in [0.25, 0.3) is 5.69 Å². The lowest BCUT2D eigenvalue weighted by Crippen LogP contribution is -2.05. The molecular formula is C16H12ClNO5. The van der Waals surface area contributed by atoms with E-state index < -0.39 is 10.9 Å². The number of ether oxygens (including phenoxy) is 2. The summed E-state index contributed by atoms with van der Waals surface area (Å²) < 4.78 is 10.1. The molecule has 2 aromatic carbocycles. The minimum atomic E-state index is -0.691. The Morgan fingerprint density at radius 3 is 2.65 bits per heavy atom. The highest BCUT2D eigenvalue weighted by molar-refractivity contribution is 6.30. The Morgan fingerprint density at radius 1 is 1.22 bits per heavy atom. The van der Waals surface area contributed by atoms with Crippen LogP contribution < -0.4 is 9.47 Å². The van der Waals surface area contributed by atoms with Gasteiger partial charge < -0.3 is 9.47 Å². The number of nitro groups is 1. The molecule has 0 saturated heterocycles. The summed E-state index contributed by atoms with van der Waals surface area (Å²) in [5.74, 6) is -0.494. The molecule has 0 aliphatic heterocycles. The van der Waals surface area contributed by atoms with Gasteiger partial charge in [-0.05, 0) is 29.8 Å². The van der Waals surface area contributed by atoms with Gasteiger partial charge in [0.05, 0.1) is 18.1 Å². The number of nitrogens with zero attached hydrogens (tertiary/aromatic N) is 1. The molecule has 0 amide bonds. The Balaban J connectivity index is 2.16. The van der Waals surface area contributed by atoms with Crippen LogP contribution in [0.25, 0.3) is 6.08 Å². The molecule has 0 radical (unpaired) electrons. The van der Waals surface area contributed by atoms with E-state index in [-0.39, 0.29) is 17.2 Å². The number of benzene rings is 2. The van der Waals surface area contributed by atoms with Crippen LogP contribution in [0.5, 0.6) is 11.5 Å². The lowest BCUT2D eigenvalue weighted by atomic mass is 10.2. The van der Waals surface area contributed by atoms with Gasteiger partial charge in [-0.3, -0.25) is 10.1 Å². The Bertz CT molecular complexity index is 773. The van der Waals surface area contributed by atoms with E-state index in [0.29, 0.717) is 5.02 Å². The van der Waals surface area contributed by atoms with Gasteiger partial charge in [0.2, 0.25) is 0 Å². The molecule has 0 spiro atoms. The van der Waals surface area contributed by atoms with Crippen LogP contribution in [0.1, 0.15) is 5.56 Å². The van der Waals surface area contributed by atoms with Crippen LogP contribution in [-0.4, -0.2) is 18.0 Å². The Hall–Kier alpha value is -2.86. The molecule has 0 saturated carbocycles. The van der Waals surface area contributed by atoms with E-state index in [0.717, 1.165) is 11.6 Å². The molecular weight excluding hydrogens is 322 g/mol. The average Bonchev–Trinajstić information content (AvgIpc) is 2.53. The summed E-state index contributed by atoms with van der Waals surface area (Å²) in [6.45, 7) is 0. The first-order chi connectivity index (χ1) is 11.0. The first-order valence-electron chi connectivity index (χ1n) is 6.47. The summed E-state index contributed by atoms with van der Waals surface area (Å²) in [4.78, 5) is 22.0. The molecule has 7 heteroatoms. The van der Waals surface area contributed by atoms with Crippen LogP contribution in [0.2, 0.25) is 5.02 Å². The minimum absolute atomic E-state index is 0.0255. The Morgan fingerprint density at radius 2 is 2.00 bits per heavy atom. The van der Waals surface area contributed by atoms with E-state index in [9.17, 15) is 14.9 Å². The van der Waals surface area contributed by atoms with Gasteiger partial charge in [0, 0.05) is 17.2 Å². The lowest BCUT2D eigenvalue weighted by Gasteiger charge is -2.07. The van der Waals surface area contributed by atoms with E-state index in [1.807, 2.05) is 0 Å². The highest BCUT2D eigenvalue weighted by Gasteiger charge is 2.14. The number of nitro benzene ring substituents is 1. The van der Waals surface area contributed by atoms with Crippen molar-refractivity contribution >= 4 is 29.3 Å². The summed E-state index contributed by atoms with van der Waals surface area (Å²) >= 11 is 5.85. The van der Waals surface area contributed by atoms with Gasteiger partial charge in [-0.1, -0.05) is 23.7 Å². The molecule has 0 heterocycles. The smallest absolute Gasteiger partial charge is 0.336 e. The monoisotopic (exact) mass is 333 g/mol. The number of carbonyl (C=O) groups is 1. The largest absolute Gasteiger partial charge is 0.493 e. The molecule has 23 heavy (non-hydrogen) atoms. The fraction of sp³-hybridized carbons (Fsp3) is 0.0625. The third kappa shape index (κ3) is 4.55. The molecule has 0 bridgehead atoms. The van der Waals surface area contributed by atoms with Gasteiger partial charge in [0.15, 0.2) is 11.5 Å². The van der Waals surface area contributed by atoms with Crippen LogP contribution in [0.4, 0.5) is 5.69 Å². The minimum Gasteiger partial charge on any atom is -0.493 e. The van der Waals surface area contributed by atoms with Crippen molar-refractivity contribution in [2.24, 2.45) is 0 Å². The highest BCUT2D eigenvalue weighted by atomic mass is 35.5. The summed E-state index contributed by atoms with van der Waals surface area (Å²) in [5.41, 5.74) is 0.521. The number of methoxy groups -OCH3 is 1. The van der Waals surface area contributed by atoms with Gasteiger partial charge in [-0.2, -0.15) is 0 Å². The molecule has 2 aromatic rings. The van der Waals surface area contributed by atoms with Crippen molar-refractivity contribution in [3.05, 3.63) is 69.2 Å². The molecule has 0 aliphatic rings. The maximum atomic E-state index is 11.9. The zero-order valence-corrected chi connectivity index (χ0v) is 12.8.